The number of anilines is 1. The highest BCUT2D eigenvalue weighted by Gasteiger charge is 2.15. The van der Waals surface area contributed by atoms with E-state index in [0.29, 0.717) is 12.1 Å². The second-order valence-electron chi connectivity index (χ2n) is 3.52. The van der Waals surface area contributed by atoms with Crippen LogP contribution in [0.5, 0.6) is 0 Å². The Kier molecular flexibility index (Phi) is 4.93. The molecule has 2 amide bonds. The number of aromatic nitrogens is 1. The Morgan fingerprint density at radius 3 is 2.82 bits per heavy atom. The standard InChI is InChI=1S/C11H15N3O3/c1-2-8(10(15)16)6-13-11(17)14-9-4-3-5-12-7-9/h3-5,7-8H,2,6H2,1H3,(H,15,16)(H2,13,14,17). The van der Waals surface area contributed by atoms with Crippen LogP contribution in [0.1, 0.15) is 13.3 Å². The van der Waals surface area contributed by atoms with Gasteiger partial charge in [-0.25, -0.2) is 4.79 Å². The van der Waals surface area contributed by atoms with Crippen molar-refractivity contribution in [1.82, 2.24) is 10.3 Å². The Balaban J connectivity index is 2.38. The first-order chi connectivity index (χ1) is 8.13. The third-order valence-electron chi connectivity index (χ3n) is 2.27. The minimum atomic E-state index is -0.908. The van der Waals surface area contributed by atoms with Gasteiger partial charge >= 0.3 is 12.0 Å². The molecule has 0 saturated heterocycles. The summed E-state index contributed by atoms with van der Waals surface area (Å²) in [5, 5.41) is 13.9. The molecule has 6 nitrogen and oxygen atoms in total. The van der Waals surface area contributed by atoms with Crippen LogP contribution in [-0.2, 0) is 4.79 Å². The van der Waals surface area contributed by atoms with Crippen LogP contribution in [0.2, 0.25) is 0 Å². The Bertz CT molecular complexity index is 381. The first-order valence-corrected chi connectivity index (χ1v) is 5.31. The van der Waals surface area contributed by atoms with Gasteiger partial charge in [-0.2, -0.15) is 0 Å². The van der Waals surface area contributed by atoms with Crippen molar-refractivity contribution >= 4 is 17.7 Å². The van der Waals surface area contributed by atoms with Gasteiger partial charge in [0.25, 0.3) is 0 Å². The maximum Gasteiger partial charge on any atom is 0.319 e. The maximum atomic E-state index is 11.4. The fourth-order valence-electron chi connectivity index (χ4n) is 1.23. The highest BCUT2D eigenvalue weighted by Crippen LogP contribution is 2.03. The molecular weight excluding hydrogens is 222 g/mol. The number of aliphatic carboxylic acids is 1. The van der Waals surface area contributed by atoms with E-state index in [0.717, 1.165) is 0 Å². The number of urea groups is 1. The molecule has 17 heavy (non-hydrogen) atoms. The van der Waals surface area contributed by atoms with Gasteiger partial charge in [0.05, 0.1) is 17.8 Å². The molecule has 1 rings (SSSR count). The lowest BCUT2D eigenvalue weighted by Crippen LogP contribution is -2.35. The lowest BCUT2D eigenvalue weighted by Gasteiger charge is -2.11. The molecule has 1 atom stereocenters. The normalized spacial score (nSPS) is 11.6. The summed E-state index contributed by atoms with van der Waals surface area (Å²) >= 11 is 0. The van der Waals surface area contributed by atoms with E-state index in [1.54, 1.807) is 25.3 Å². The molecule has 0 bridgehead atoms. The van der Waals surface area contributed by atoms with E-state index in [2.05, 4.69) is 15.6 Å². The fraction of sp³-hybridized carbons (Fsp3) is 0.364. The van der Waals surface area contributed by atoms with Crippen LogP contribution >= 0.6 is 0 Å². The monoisotopic (exact) mass is 237 g/mol. The van der Waals surface area contributed by atoms with Crippen molar-refractivity contribution in [3.8, 4) is 0 Å². The van der Waals surface area contributed by atoms with E-state index >= 15 is 0 Å². The summed E-state index contributed by atoms with van der Waals surface area (Å²) in [6, 6.07) is 2.96. The van der Waals surface area contributed by atoms with E-state index in [1.165, 1.54) is 6.20 Å². The molecule has 0 spiro atoms. The summed E-state index contributed by atoms with van der Waals surface area (Å²) in [6.45, 7) is 1.87. The first kappa shape index (κ1) is 13.0. The zero-order valence-corrected chi connectivity index (χ0v) is 9.51. The van der Waals surface area contributed by atoms with E-state index < -0.39 is 17.9 Å². The molecule has 1 unspecified atom stereocenters. The molecule has 1 aromatic heterocycles. The third kappa shape index (κ3) is 4.50. The quantitative estimate of drug-likeness (QED) is 0.720. The van der Waals surface area contributed by atoms with Crippen molar-refractivity contribution in [2.75, 3.05) is 11.9 Å². The van der Waals surface area contributed by atoms with Gasteiger partial charge in [0.15, 0.2) is 0 Å². The zero-order valence-electron chi connectivity index (χ0n) is 9.51. The molecule has 0 aliphatic carbocycles. The minimum Gasteiger partial charge on any atom is -0.481 e. The van der Waals surface area contributed by atoms with E-state index in [1.807, 2.05) is 0 Å². The van der Waals surface area contributed by atoms with Gasteiger partial charge in [-0.3, -0.25) is 9.78 Å². The van der Waals surface area contributed by atoms with Crippen LogP contribution in [0.4, 0.5) is 10.5 Å². The predicted molar refractivity (Wildman–Crippen MR) is 62.7 cm³/mol. The molecule has 1 heterocycles. The molecule has 0 saturated carbocycles. The molecule has 0 fully saturated rings. The number of carboxylic acids is 1. The van der Waals surface area contributed by atoms with E-state index in [4.69, 9.17) is 5.11 Å². The van der Waals surface area contributed by atoms with Gasteiger partial charge in [-0.1, -0.05) is 6.92 Å². The molecule has 0 radical (unpaired) electrons. The lowest BCUT2D eigenvalue weighted by molar-refractivity contribution is -0.141. The second-order valence-corrected chi connectivity index (χ2v) is 3.52. The average molecular weight is 237 g/mol. The van der Waals surface area contributed by atoms with Gasteiger partial charge in [0, 0.05) is 12.7 Å². The summed E-state index contributed by atoms with van der Waals surface area (Å²) in [4.78, 5) is 26.0. The van der Waals surface area contributed by atoms with Crippen molar-refractivity contribution in [3.63, 3.8) is 0 Å². The van der Waals surface area contributed by atoms with Gasteiger partial charge in [-0.15, -0.1) is 0 Å². The lowest BCUT2D eigenvalue weighted by atomic mass is 10.1. The van der Waals surface area contributed by atoms with E-state index in [-0.39, 0.29) is 6.54 Å². The number of rotatable bonds is 5. The predicted octanol–water partition coefficient (Wildman–Crippen LogP) is 1.31. The number of carbonyl (C=O) groups is 2. The van der Waals surface area contributed by atoms with Crippen LogP contribution < -0.4 is 10.6 Å². The van der Waals surface area contributed by atoms with E-state index in [9.17, 15) is 9.59 Å². The third-order valence-corrected chi connectivity index (χ3v) is 2.27. The molecule has 92 valence electrons. The Labute approximate surface area is 99.1 Å². The molecule has 1 aromatic rings. The summed E-state index contributed by atoms with van der Waals surface area (Å²) in [5.74, 6) is -1.47. The van der Waals surface area contributed by atoms with Crippen molar-refractivity contribution < 1.29 is 14.7 Å². The number of pyridine rings is 1. The Morgan fingerprint density at radius 1 is 1.53 bits per heavy atom. The number of nitrogens with one attached hydrogen (secondary N) is 2. The molecule has 3 N–H and O–H groups in total. The number of nitrogens with zero attached hydrogens (tertiary/aromatic N) is 1. The topological polar surface area (TPSA) is 91.3 Å². The van der Waals surface area contributed by atoms with Crippen molar-refractivity contribution in [1.29, 1.82) is 0 Å². The summed E-state index contributed by atoms with van der Waals surface area (Å²) in [7, 11) is 0. The van der Waals surface area contributed by atoms with Gasteiger partial charge in [0.1, 0.15) is 0 Å². The van der Waals surface area contributed by atoms with Crippen molar-refractivity contribution in [2.24, 2.45) is 5.92 Å². The van der Waals surface area contributed by atoms with Gasteiger partial charge < -0.3 is 15.7 Å². The zero-order chi connectivity index (χ0) is 12.7. The summed E-state index contributed by atoms with van der Waals surface area (Å²) in [5.41, 5.74) is 0.563. The number of hydrogen-bond acceptors (Lipinski definition) is 3. The molecular formula is C11H15N3O3. The Hall–Kier alpha value is -2.11. The van der Waals surface area contributed by atoms with Gasteiger partial charge in [0.2, 0.25) is 0 Å². The first-order valence-electron chi connectivity index (χ1n) is 5.31. The molecule has 6 heteroatoms. The van der Waals surface area contributed by atoms with Crippen LogP contribution in [0.15, 0.2) is 24.5 Å². The van der Waals surface area contributed by atoms with Crippen molar-refractivity contribution in [2.45, 2.75) is 13.3 Å². The van der Waals surface area contributed by atoms with Crippen molar-refractivity contribution in [3.05, 3.63) is 24.5 Å². The summed E-state index contributed by atoms with van der Waals surface area (Å²) < 4.78 is 0. The highest BCUT2D eigenvalue weighted by molar-refractivity contribution is 5.89. The second kappa shape index (κ2) is 6.47. The fourth-order valence-corrected chi connectivity index (χ4v) is 1.23. The van der Waals surface area contributed by atoms with Gasteiger partial charge in [-0.05, 0) is 18.6 Å². The number of amides is 2. The SMILES string of the molecule is CCC(CNC(=O)Nc1cccnc1)C(=O)O. The van der Waals surface area contributed by atoms with Crippen LogP contribution in [0, 0.1) is 5.92 Å². The molecule has 0 aromatic carbocycles. The van der Waals surface area contributed by atoms with Crippen LogP contribution in [0.3, 0.4) is 0 Å². The molecule has 0 aliphatic heterocycles. The summed E-state index contributed by atoms with van der Waals surface area (Å²) in [6.07, 6.45) is 3.58. The number of hydrogen-bond donors (Lipinski definition) is 3. The highest BCUT2D eigenvalue weighted by atomic mass is 16.4. The maximum absolute atomic E-state index is 11.4. The number of carbonyl (C=O) groups excluding carboxylic acids is 1. The Morgan fingerprint density at radius 2 is 2.29 bits per heavy atom. The van der Waals surface area contributed by atoms with Crippen LogP contribution in [-0.4, -0.2) is 28.6 Å². The average Bonchev–Trinajstić information content (AvgIpc) is 2.30. The minimum absolute atomic E-state index is 0.109. The largest absolute Gasteiger partial charge is 0.481 e. The molecule has 0 aliphatic rings. The number of carboxylic acid groups (broad SMARTS) is 1. The van der Waals surface area contributed by atoms with Crippen LogP contribution in [0.25, 0.3) is 0 Å². The smallest absolute Gasteiger partial charge is 0.319 e.